The standard InChI is InChI=1S/C19H20FN3O5/c1-27-19(26)15-9-12(2-3-16(15)20)22-18(25)10-13-8-14(24)11-17(21-13)23-4-6-28-7-5-23/h2-3,9,11H,4-8,10H2,1H3,(H,22,25). The molecule has 1 fully saturated rings. The number of morpholine rings is 1. The van der Waals surface area contributed by atoms with Crippen molar-refractivity contribution in [2.45, 2.75) is 12.8 Å². The summed E-state index contributed by atoms with van der Waals surface area (Å²) in [6, 6.07) is 3.61. The van der Waals surface area contributed by atoms with Crippen LogP contribution in [0.5, 0.6) is 0 Å². The van der Waals surface area contributed by atoms with Gasteiger partial charge >= 0.3 is 5.97 Å². The van der Waals surface area contributed by atoms with Crippen LogP contribution in [0.1, 0.15) is 23.2 Å². The quantitative estimate of drug-likeness (QED) is 0.767. The van der Waals surface area contributed by atoms with E-state index in [0.29, 0.717) is 37.8 Å². The van der Waals surface area contributed by atoms with Gasteiger partial charge in [-0.25, -0.2) is 14.2 Å². The van der Waals surface area contributed by atoms with Gasteiger partial charge in [0.05, 0.1) is 32.3 Å². The van der Waals surface area contributed by atoms with E-state index in [1.807, 2.05) is 4.90 Å². The molecule has 1 aromatic carbocycles. The molecule has 3 rings (SSSR count). The van der Waals surface area contributed by atoms with E-state index in [2.05, 4.69) is 15.0 Å². The molecule has 0 radical (unpaired) electrons. The number of nitrogens with zero attached hydrogens (tertiary/aromatic N) is 2. The first-order valence-corrected chi connectivity index (χ1v) is 8.77. The number of aliphatic imine (C=N–C) groups is 1. The van der Waals surface area contributed by atoms with Crippen LogP contribution in [0.25, 0.3) is 0 Å². The molecule has 1 aromatic rings. The Morgan fingerprint density at radius 1 is 1.32 bits per heavy atom. The number of esters is 1. The highest BCUT2D eigenvalue weighted by Crippen LogP contribution is 2.18. The molecule has 2 aliphatic rings. The van der Waals surface area contributed by atoms with Crippen LogP contribution < -0.4 is 5.32 Å². The summed E-state index contributed by atoms with van der Waals surface area (Å²) in [6.07, 6.45) is 1.46. The molecule has 0 bridgehead atoms. The number of methoxy groups -OCH3 is 1. The highest BCUT2D eigenvalue weighted by molar-refractivity contribution is 6.16. The van der Waals surface area contributed by atoms with Gasteiger partial charge in [0, 0.05) is 37.0 Å². The molecular weight excluding hydrogens is 369 g/mol. The summed E-state index contributed by atoms with van der Waals surface area (Å²) in [5, 5.41) is 2.59. The summed E-state index contributed by atoms with van der Waals surface area (Å²) in [5.41, 5.74) is 0.420. The van der Waals surface area contributed by atoms with Crippen LogP contribution in [0.4, 0.5) is 10.1 Å². The molecule has 148 valence electrons. The molecule has 1 N–H and O–H groups in total. The number of halogens is 1. The zero-order valence-electron chi connectivity index (χ0n) is 15.4. The number of ketones is 1. The Kier molecular flexibility index (Phi) is 6.15. The van der Waals surface area contributed by atoms with E-state index in [1.165, 1.54) is 18.2 Å². The van der Waals surface area contributed by atoms with Crippen LogP contribution in [0.2, 0.25) is 0 Å². The molecule has 8 nitrogen and oxygen atoms in total. The average molecular weight is 389 g/mol. The summed E-state index contributed by atoms with van der Waals surface area (Å²) < 4.78 is 23.5. The molecule has 2 aliphatic heterocycles. The Morgan fingerprint density at radius 2 is 2.07 bits per heavy atom. The zero-order chi connectivity index (χ0) is 20.1. The highest BCUT2D eigenvalue weighted by atomic mass is 19.1. The summed E-state index contributed by atoms with van der Waals surface area (Å²) in [4.78, 5) is 42.3. The van der Waals surface area contributed by atoms with Crippen molar-refractivity contribution < 1.29 is 28.2 Å². The van der Waals surface area contributed by atoms with E-state index in [0.717, 1.165) is 13.2 Å². The SMILES string of the molecule is COC(=O)c1cc(NC(=O)CC2=NC(N3CCOCC3)=CC(=O)C2)ccc1F. The first-order valence-electron chi connectivity index (χ1n) is 8.77. The van der Waals surface area contributed by atoms with Gasteiger partial charge in [-0.2, -0.15) is 0 Å². The van der Waals surface area contributed by atoms with Crippen molar-refractivity contribution in [2.24, 2.45) is 4.99 Å². The maximum Gasteiger partial charge on any atom is 0.340 e. The van der Waals surface area contributed by atoms with Crippen molar-refractivity contribution in [1.29, 1.82) is 0 Å². The largest absolute Gasteiger partial charge is 0.465 e. The second-order valence-electron chi connectivity index (χ2n) is 6.33. The minimum Gasteiger partial charge on any atom is -0.465 e. The summed E-state index contributed by atoms with van der Waals surface area (Å²) in [7, 11) is 1.14. The first kappa shape index (κ1) is 19.7. The lowest BCUT2D eigenvalue weighted by molar-refractivity contribution is -0.115. The predicted molar refractivity (Wildman–Crippen MR) is 98.5 cm³/mol. The van der Waals surface area contributed by atoms with Gasteiger partial charge in [0.25, 0.3) is 0 Å². The minimum absolute atomic E-state index is 0.0675. The Morgan fingerprint density at radius 3 is 2.79 bits per heavy atom. The lowest BCUT2D eigenvalue weighted by Crippen LogP contribution is -2.36. The Hall–Kier alpha value is -3.07. The lowest BCUT2D eigenvalue weighted by Gasteiger charge is -2.30. The molecule has 9 heteroatoms. The number of benzene rings is 1. The number of nitrogens with one attached hydrogen (secondary N) is 1. The van der Waals surface area contributed by atoms with Crippen molar-refractivity contribution in [3.8, 4) is 0 Å². The van der Waals surface area contributed by atoms with Crippen LogP contribution in [-0.2, 0) is 19.1 Å². The maximum atomic E-state index is 13.7. The van der Waals surface area contributed by atoms with Crippen LogP contribution >= 0.6 is 0 Å². The number of anilines is 1. The van der Waals surface area contributed by atoms with Gasteiger partial charge in [-0.1, -0.05) is 0 Å². The Bertz CT molecular complexity index is 859. The molecule has 0 spiro atoms. The van der Waals surface area contributed by atoms with Crippen LogP contribution in [-0.4, -0.2) is 61.7 Å². The second kappa shape index (κ2) is 8.75. The molecule has 28 heavy (non-hydrogen) atoms. The fraction of sp³-hybridized carbons (Fsp3) is 0.368. The number of hydrogen-bond acceptors (Lipinski definition) is 7. The number of allylic oxidation sites excluding steroid dienone is 1. The van der Waals surface area contributed by atoms with E-state index in [1.54, 1.807) is 0 Å². The van der Waals surface area contributed by atoms with E-state index >= 15 is 0 Å². The Labute approximate surface area is 161 Å². The van der Waals surface area contributed by atoms with Crippen molar-refractivity contribution in [2.75, 3.05) is 38.7 Å². The number of carbonyl (C=O) groups excluding carboxylic acids is 3. The van der Waals surface area contributed by atoms with E-state index in [-0.39, 0.29) is 29.9 Å². The molecule has 1 amide bonds. The normalized spacial score (nSPS) is 16.9. The fourth-order valence-corrected chi connectivity index (χ4v) is 2.95. The van der Waals surface area contributed by atoms with Crippen LogP contribution in [0.3, 0.4) is 0 Å². The number of rotatable bonds is 5. The smallest absolute Gasteiger partial charge is 0.340 e. The van der Waals surface area contributed by atoms with Gasteiger partial charge in [-0.3, -0.25) is 9.59 Å². The maximum absolute atomic E-state index is 13.7. The predicted octanol–water partition coefficient (Wildman–Crippen LogP) is 1.53. The monoisotopic (exact) mass is 389 g/mol. The van der Waals surface area contributed by atoms with Gasteiger partial charge in [0.15, 0.2) is 5.78 Å². The van der Waals surface area contributed by atoms with Gasteiger partial charge in [0.1, 0.15) is 11.6 Å². The summed E-state index contributed by atoms with van der Waals surface area (Å²) in [6.45, 7) is 2.38. The number of ether oxygens (including phenoxy) is 2. The second-order valence-corrected chi connectivity index (χ2v) is 6.33. The summed E-state index contributed by atoms with van der Waals surface area (Å²) >= 11 is 0. The molecule has 0 unspecified atom stereocenters. The molecule has 0 aromatic heterocycles. The van der Waals surface area contributed by atoms with Gasteiger partial charge < -0.3 is 19.7 Å². The molecule has 0 saturated carbocycles. The number of carbonyl (C=O) groups is 3. The van der Waals surface area contributed by atoms with Crippen LogP contribution in [0, 0.1) is 5.82 Å². The van der Waals surface area contributed by atoms with E-state index in [9.17, 15) is 18.8 Å². The minimum atomic E-state index is -0.837. The molecule has 1 saturated heterocycles. The molecule has 2 heterocycles. The number of amides is 1. The fourth-order valence-electron chi connectivity index (χ4n) is 2.95. The van der Waals surface area contributed by atoms with E-state index < -0.39 is 17.7 Å². The van der Waals surface area contributed by atoms with E-state index in [4.69, 9.17) is 4.74 Å². The van der Waals surface area contributed by atoms with Crippen molar-refractivity contribution in [3.63, 3.8) is 0 Å². The van der Waals surface area contributed by atoms with Crippen molar-refractivity contribution >= 4 is 29.1 Å². The third kappa shape index (κ3) is 4.80. The zero-order valence-corrected chi connectivity index (χ0v) is 15.4. The number of hydrogen-bond donors (Lipinski definition) is 1. The molecule has 0 aliphatic carbocycles. The van der Waals surface area contributed by atoms with Gasteiger partial charge in [-0.15, -0.1) is 0 Å². The van der Waals surface area contributed by atoms with Crippen LogP contribution in [0.15, 0.2) is 35.1 Å². The lowest BCUT2D eigenvalue weighted by atomic mass is 10.1. The highest BCUT2D eigenvalue weighted by Gasteiger charge is 2.22. The third-order valence-electron chi connectivity index (χ3n) is 4.30. The van der Waals surface area contributed by atoms with Gasteiger partial charge in [0.2, 0.25) is 5.91 Å². The van der Waals surface area contributed by atoms with Gasteiger partial charge in [-0.05, 0) is 18.2 Å². The third-order valence-corrected chi connectivity index (χ3v) is 4.30. The first-order chi connectivity index (χ1) is 13.5. The van der Waals surface area contributed by atoms with Crippen molar-refractivity contribution in [3.05, 3.63) is 41.5 Å². The Balaban J connectivity index is 1.67. The topological polar surface area (TPSA) is 97.3 Å². The van der Waals surface area contributed by atoms with Crippen molar-refractivity contribution in [1.82, 2.24) is 4.90 Å². The average Bonchev–Trinajstić information content (AvgIpc) is 2.69. The molecule has 0 atom stereocenters. The molecular formula is C19H20FN3O5. The summed E-state index contributed by atoms with van der Waals surface area (Å²) in [5.74, 6) is -1.58.